The topological polar surface area (TPSA) is 44.1 Å². The molecule has 1 aromatic heterocycles. The van der Waals surface area contributed by atoms with Crippen LogP contribution in [0.1, 0.15) is 26.7 Å². The van der Waals surface area contributed by atoms with Crippen LogP contribution in [0.25, 0.3) is 0 Å². The molecule has 0 aliphatic rings. The van der Waals surface area contributed by atoms with E-state index in [0.717, 1.165) is 11.4 Å². The Morgan fingerprint density at radius 1 is 1.20 bits per heavy atom. The van der Waals surface area contributed by atoms with Crippen molar-refractivity contribution in [1.29, 1.82) is 0 Å². The van der Waals surface area contributed by atoms with Crippen LogP contribution in [0.5, 0.6) is 0 Å². The van der Waals surface area contributed by atoms with Crippen molar-refractivity contribution in [2.75, 3.05) is 7.11 Å². The number of hydrogen-bond donors (Lipinski definition) is 0. The van der Waals surface area contributed by atoms with Crippen LogP contribution in [0.3, 0.4) is 0 Å². The molecule has 5 heteroatoms. The Bertz CT molecular complexity index is 829. The third kappa shape index (κ3) is 4.31. The molecule has 0 amide bonds. The van der Waals surface area contributed by atoms with Gasteiger partial charge in [-0.3, -0.25) is 0 Å². The molecule has 4 nitrogen and oxygen atoms in total. The van der Waals surface area contributed by atoms with E-state index in [4.69, 9.17) is 4.74 Å². The van der Waals surface area contributed by atoms with Gasteiger partial charge in [-0.1, -0.05) is 24.3 Å². The lowest BCUT2D eigenvalue weighted by atomic mass is 10.1. The summed E-state index contributed by atoms with van der Waals surface area (Å²) < 4.78 is 6.85. The molecule has 0 aliphatic heterocycles. The molecule has 0 bridgehead atoms. The largest absolute Gasteiger partial charge is 0.465 e. The van der Waals surface area contributed by atoms with Gasteiger partial charge in [-0.2, -0.15) is 0 Å². The first-order chi connectivity index (χ1) is 12.2. The predicted molar refractivity (Wildman–Crippen MR) is 99.8 cm³/mol. The van der Waals surface area contributed by atoms with Crippen molar-refractivity contribution < 1.29 is 9.53 Å². The maximum Gasteiger partial charge on any atom is 0.337 e. The maximum absolute atomic E-state index is 11.6. The summed E-state index contributed by atoms with van der Waals surface area (Å²) >= 11 is 1.78. The van der Waals surface area contributed by atoms with Gasteiger partial charge in [0.25, 0.3) is 0 Å². The summed E-state index contributed by atoms with van der Waals surface area (Å²) in [6, 6.07) is 16.0. The van der Waals surface area contributed by atoms with Crippen LogP contribution in [0.15, 0.2) is 72.1 Å². The highest BCUT2D eigenvalue weighted by atomic mass is 32.2. The number of methoxy groups -OCH3 is 1. The van der Waals surface area contributed by atoms with Crippen molar-refractivity contribution in [2.45, 2.75) is 23.6 Å². The molecule has 1 atom stereocenters. The number of rotatable bonds is 6. The van der Waals surface area contributed by atoms with E-state index >= 15 is 0 Å². The minimum Gasteiger partial charge on any atom is -0.465 e. The summed E-state index contributed by atoms with van der Waals surface area (Å²) in [5, 5.41) is 0.249. The highest BCUT2D eigenvalue weighted by Gasteiger charge is 2.16. The third-order valence-electron chi connectivity index (χ3n) is 4.02. The molecular weight excluding hydrogens is 332 g/mol. The number of hydrogen-bond acceptors (Lipinski definition) is 4. The molecule has 25 heavy (non-hydrogen) atoms. The highest BCUT2D eigenvalue weighted by Crippen LogP contribution is 2.38. The van der Waals surface area contributed by atoms with Crippen LogP contribution in [0, 0.1) is 6.92 Å². The van der Waals surface area contributed by atoms with Crippen molar-refractivity contribution in [3.05, 3.63) is 83.9 Å². The average molecular weight is 352 g/mol. The number of esters is 1. The Kier molecular flexibility index (Phi) is 5.56. The molecule has 0 aliphatic carbocycles. The molecule has 3 rings (SSSR count). The van der Waals surface area contributed by atoms with Crippen molar-refractivity contribution in [2.24, 2.45) is 0 Å². The van der Waals surface area contributed by atoms with Gasteiger partial charge in [0.05, 0.1) is 24.3 Å². The van der Waals surface area contributed by atoms with Gasteiger partial charge in [0.2, 0.25) is 0 Å². The zero-order chi connectivity index (χ0) is 17.6. The Labute approximate surface area is 151 Å². The van der Waals surface area contributed by atoms with Gasteiger partial charge in [0.15, 0.2) is 0 Å². The molecular formula is C20H20N2O2S. The number of thioether (sulfide) groups is 1. The molecule has 1 unspecified atom stereocenters. The van der Waals surface area contributed by atoms with Crippen LogP contribution in [-0.4, -0.2) is 22.6 Å². The number of carbonyl (C=O) groups is 1. The van der Waals surface area contributed by atoms with Gasteiger partial charge in [-0.25, -0.2) is 9.78 Å². The van der Waals surface area contributed by atoms with Crippen LogP contribution >= 0.6 is 11.8 Å². The Balaban J connectivity index is 1.84. The van der Waals surface area contributed by atoms with Gasteiger partial charge in [0, 0.05) is 23.8 Å². The van der Waals surface area contributed by atoms with E-state index in [1.807, 2.05) is 24.7 Å². The van der Waals surface area contributed by atoms with Crippen LogP contribution in [0.2, 0.25) is 0 Å². The monoisotopic (exact) mass is 352 g/mol. The van der Waals surface area contributed by atoms with Crippen molar-refractivity contribution in [3.8, 4) is 0 Å². The lowest BCUT2D eigenvalue weighted by molar-refractivity contribution is 0.0600. The summed E-state index contributed by atoms with van der Waals surface area (Å²) in [6.07, 6.45) is 5.61. The van der Waals surface area contributed by atoms with Crippen molar-refractivity contribution >= 4 is 17.7 Å². The predicted octanol–water partition coefficient (Wildman–Crippen LogP) is 4.51. The number of benzene rings is 2. The fourth-order valence-corrected chi connectivity index (χ4v) is 3.94. The molecule has 0 spiro atoms. The van der Waals surface area contributed by atoms with Gasteiger partial charge < -0.3 is 9.30 Å². The fourth-order valence-electron chi connectivity index (χ4n) is 2.69. The summed E-state index contributed by atoms with van der Waals surface area (Å²) in [5.74, 6) is -0.314. The quantitative estimate of drug-likeness (QED) is 0.483. The number of aryl methyl sites for hydroxylation is 1. The fraction of sp³-hybridized carbons (Fsp3) is 0.200. The number of imidazole rings is 1. The lowest BCUT2D eigenvalue weighted by Gasteiger charge is -2.20. The zero-order valence-corrected chi connectivity index (χ0v) is 15.1. The molecule has 0 saturated carbocycles. The standard InChI is InChI=1S/C20H20N2O2S/c1-15-5-3-4-6-18(15)19(13-22-12-11-21-14-22)25-17-9-7-16(8-10-17)20(23)24-2/h3-12,14,19H,13H2,1-2H3. The first-order valence-corrected chi connectivity index (χ1v) is 8.91. The van der Waals surface area contributed by atoms with Crippen molar-refractivity contribution in [1.82, 2.24) is 9.55 Å². The highest BCUT2D eigenvalue weighted by molar-refractivity contribution is 7.99. The lowest BCUT2D eigenvalue weighted by Crippen LogP contribution is -2.06. The molecule has 1 heterocycles. The van der Waals surface area contributed by atoms with Crippen LogP contribution in [0.4, 0.5) is 0 Å². The van der Waals surface area contributed by atoms with E-state index in [0.29, 0.717) is 5.56 Å². The van der Waals surface area contributed by atoms with Crippen LogP contribution in [-0.2, 0) is 11.3 Å². The molecule has 0 saturated heterocycles. The van der Waals surface area contributed by atoms with E-state index in [-0.39, 0.29) is 11.2 Å². The second kappa shape index (κ2) is 8.03. The SMILES string of the molecule is COC(=O)c1ccc(SC(Cn2ccnc2)c2ccccc2C)cc1. The van der Waals surface area contributed by atoms with Gasteiger partial charge in [-0.05, 0) is 42.3 Å². The first kappa shape index (κ1) is 17.3. The second-order valence-electron chi connectivity index (χ2n) is 5.74. The molecule has 0 N–H and O–H groups in total. The minimum atomic E-state index is -0.314. The van der Waals surface area contributed by atoms with E-state index < -0.39 is 0 Å². The number of carbonyl (C=O) groups excluding carboxylic acids is 1. The summed E-state index contributed by atoms with van der Waals surface area (Å²) in [5.41, 5.74) is 3.14. The first-order valence-electron chi connectivity index (χ1n) is 8.03. The average Bonchev–Trinajstić information content (AvgIpc) is 3.15. The second-order valence-corrected chi connectivity index (χ2v) is 7.01. The van der Waals surface area contributed by atoms with Crippen LogP contribution < -0.4 is 0 Å². The molecule has 0 radical (unpaired) electrons. The van der Waals surface area contributed by atoms with Gasteiger partial charge in [0.1, 0.15) is 0 Å². The number of ether oxygens (including phenoxy) is 1. The third-order valence-corrected chi connectivity index (χ3v) is 5.26. The summed E-state index contributed by atoms with van der Waals surface area (Å²) in [6.45, 7) is 2.96. The Morgan fingerprint density at radius 2 is 1.96 bits per heavy atom. The van der Waals surface area contributed by atoms with Gasteiger partial charge in [-0.15, -0.1) is 11.8 Å². The Morgan fingerprint density at radius 3 is 2.60 bits per heavy atom. The molecule has 2 aromatic carbocycles. The van der Waals surface area contributed by atoms with E-state index in [9.17, 15) is 4.79 Å². The summed E-state index contributed by atoms with van der Waals surface area (Å²) in [4.78, 5) is 16.8. The molecule has 0 fully saturated rings. The minimum absolute atomic E-state index is 0.249. The smallest absolute Gasteiger partial charge is 0.337 e. The molecule has 128 valence electrons. The van der Waals surface area contributed by atoms with E-state index in [1.54, 1.807) is 30.1 Å². The normalized spacial score (nSPS) is 11.9. The summed E-state index contributed by atoms with van der Waals surface area (Å²) in [7, 11) is 1.39. The zero-order valence-electron chi connectivity index (χ0n) is 14.3. The Hall–Kier alpha value is -2.53. The van der Waals surface area contributed by atoms with Gasteiger partial charge >= 0.3 is 5.97 Å². The van der Waals surface area contributed by atoms with E-state index in [1.165, 1.54) is 18.2 Å². The van der Waals surface area contributed by atoms with Crippen molar-refractivity contribution in [3.63, 3.8) is 0 Å². The molecule has 3 aromatic rings. The number of nitrogens with zero attached hydrogens (tertiary/aromatic N) is 2. The van der Waals surface area contributed by atoms with E-state index in [2.05, 4.69) is 40.7 Å². The maximum atomic E-state index is 11.6. The number of aromatic nitrogens is 2.